The Labute approximate surface area is 102 Å². The molecule has 86 valence electrons. The first-order valence-electron chi connectivity index (χ1n) is 5.23. The highest BCUT2D eigenvalue weighted by molar-refractivity contribution is 6.28. The average molecular weight is 249 g/mol. The molecule has 0 bridgehead atoms. The third-order valence-corrected chi connectivity index (χ3v) is 2.89. The maximum absolute atomic E-state index is 11.6. The van der Waals surface area contributed by atoms with Crippen LogP contribution in [-0.2, 0) is 6.42 Å². The molecule has 0 saturated carbocycles. The highest BCUT2D eigenvalue weighted by Gasteiger charge is 2.20. The lowest BCUT2D eigenvalue weighted by molar-refractivity contribution is 0.0946. The summed E-state index contributed by atoms with van der Waals surface area (Å²) >= 11 is 5.73. The molecule has 5 nitrogen and oxygen atoms in total. The Morgan fingerprint density at radius 1 is 1.41 bits per heavy atom. The number of fused-ring (bicyclic) bond motifs is 1. The summed E-state index contributed by atoms with van der Waals surface area (Å²) in [5.74, 6) is -0.0473. The van der Waals surface area contributed by atoms with Crippen molar-refractivity contribution in [3.05, 3.63) is 34.9 Å². The molecule has 2 aromatic heterocycles. The molecule has 0 fully saturated rings. The predicted octanol–water partition coefficient (Wildman–Crippen LogP) is 1.41. The van der Waals surface area contributed by atoms with Gasteiger partial charge in [-0.05, 0) is 23.7 Å². The first-order valence-corrected chi connectivity index (χ1v) is 5.61. The molecular weight excluding hydrogens is 240 g/mol. The van der Waals surface area contributed by atoms with E-state index < -0.39 is 0 Å². The summed E-state index contributed by atoms with van der Waals surface area (Å²) in [5.41, 5.74) is 3.10. The minimum absolute atomic E-state index is 0.0473. The van der Waals surface area contributed by atoms with E-state index in [2.05, 4.69) is 20.3 Å². The topological polar surface area (TPSA) is 70.7 Å². The number of H-pyrrole nitrogens is 1. The van der Waals surface area contributed by atoms with E-state index in [9.17, 15) is 4.79 Å². The molecule has 0 unspecified atom stereocenters. The monoisotopic (exact) mass is 248 g/mol. The normalized spacial score (nSPS) is 14.3. The number of amides is 1. The van der Waals surface area contributed by atoms with E-state index in [0.29, 0.717) is 17.8 Å². The van der Waals surface area contributed by atoms with E-state index >= 15 is 0 Å². The Kier molecular flexibility index (Phi) is 2.33. The molecule has 0 atom stereocenters. The summed E-state index contributed by atoms with van der Waals surface area (Å²) in [5, 5.41) is 2.99. The molecule has 17 heavy (non-hydrogen) atoms. The van der Waals surface area contributed by atoms with Gasteiger partial charge < -0.3 is 10.3 Å². The number of hydrogen-bond acceptors (Lipinski definition) is 3. The smallest absolute Gasteiger partial charge is 0.253 e. The largest absolute Gasteiger partial charge is 0.356 e. The Hall–Kier alpha value is -1.88. The van der Waals surface area contributed by atoms with Crippen LogP contribution in [0.1, 0.15) is 16.1 Å². The number of rotatable bonds is 1. The van der Waals surface area contributed by atoms with Crippen molar-refractivity contribution in [1.82, 2.24) is 20.3 Å². The Balaban J connectivity index is 2.08. The second-order valence-corrected chi connectivity index (χ2v) is 4.13. The fraction of sp³-hybridized carbons (Fsp3) is 0.182. The molecule has 3 rings (SSSR count). The minimum atomic E-state index is -0.0473. The van der Waals surface area contributed by atoms with Crippen LogP contribution in [0.25, 0.3) is 11.4 Å². The zero-order chi connectivity index (χ0) is 11.8. The van der Waals surface area contributed by atoms with Gasteiger partial charge in [0.1, 0.15) is 0 Å². The van der Waals surface area contributed by atoms with Crippen molar-refractivity contribution in [3.63, 3.8) is 0 Å². The molecule has 1 aliphatic heterocycles. The van der Waals surface area contributed by atoms with Gasteiger partial charge in [-0.2, -0.15) is 0 Å². The van der Waals surface area contributed by atoms with Gasteiger partial charge in [-0.3, -0.25) is 4.79 Å². The van der Waals surface area contributed by atoms with E-state index in [1.807, 2.05) is 0 Å². The van der Waals surface area contributed by atoms with Gasteiger partial charge in [-0.1, -0.05) is 0 Å². The number of carbonyl (C=O) groups excluding carboxylic acids is 1. The molecule has 0 spiro atoms. The first kappa shape index (κ1) is 10.3. The van der Waals surface area contributed by atoms with Gasteiger partial charge in [0.25, 0.3) is 5.91 Å². The fourth-order valence-electron chi connectivity index (χ4n) is 1.92. The second kappa shape index (κ2) is 3.85. The molecule has 0 aromatic carbocycles. The van der Waals surface area contributed by atoms with Crippen molar-refractivity contribution >= 4 is 17.5 Å². The number of aromatic nitrogens is 3. The zero-order valence-electron chi connectivity index (χ0n) is 8.83. The second-order valence-electron chi connectivity index (χ2n) is 3.79. The van der Waals surface area contributed by atoms with Crippen molar-refractivity contribution in [2.24, 2.45) is 0 Å². The summed E-state index contributed by atoms with van der Waals surface area (Å²) in [4.78, 5) is 22.7. The molecule has 6 heteroatoms. The molecule has 1 amide bonds. The van der Waals surface area contributed by atoms with Crippen LogP contribution >= 0.6 is 11.6 Å². The van der Waals surface area contributed by atoms with Gasteiger partial charge in [-0.15, -0.1) is 0 Å². The van der Waals surface area contributed by atoms with Crippen LogP contribution < -0.4 is 5.32 Å². The molecule has 3 heterocycles. The Morgan fingerprint density at radius 3 is 3.06 bits per heavy atom. The Morgan fingerprint density at radius 2 is 2.29 bits per heavy atom. The molecule has 1 aliphatic rings. The van der Waals surface area contributed by atoms with Crippen molar-refractivity contribution in [3.8, 4) is 11.4 Å². The number of nitrogens with zero attached hydrogens (tertiary/aromatic N) is 2. The lowest BCUT2D eigenvalue weighted by Gasteiger charge is -2.10. The van der Waals surface area contributed by atoms with E-state index in [1.165, 1.54) is 0 Å². The van der Waals surface area contributed by atoms with Crippen molar-refractivity contribution in [1.29, 1.82) is 0 Å². The average Bonchev–Trinajstić information content (AvgIpc) is 2.74. The predicted molar refractivity (Wildman–Crippen MR) is 62.9 cm³/mol. The van der Waals surface area contributed by atoms with Crippen molar-refractivity contribution in [2.75, 3.05) is 6.54 Å². The van der Waals surface area contributed by atoms with Crippen molar-refractivity contribution in [2.45, 2.75) is 6.42 Å². The molecule has 2 N–H and O–H groups in total. The van der Waals surface area contributed by atoms with Gasteiger partial charge in [0.2, 0.25) is 5.28 Å². The summed E-state index contributed by atoms with van der Waals surface area (Å²) in [6.45, 7) is 0.663. The van der Waals surface area contributed by atoms with Gasteiger partial charge in [0.05, 0.1) is 17.0 Å². The lowest BCUT2D eigenvalue weighted by Crippen LogP contribution is -2.31. The first-order chi connectivity index (χ1) is 8.24. The highest BCUT2D eigenvalue weighted by atomic mass is 35.5. The van der Waals surface area contributed by atoms with Gasteiger partial charge >= 0.3 is 0 Å². The van der Waals surface area contributed by atoms with Crippen LogP contribution in [0.4, 0.5) is 0 Å². The summed E-state index contributed by atoms with van der Waals surface area (Å²) in [7, 11) is 0. The van der Waals surface area contributed by atoms with Gasteiger partial charge in [-0.25, -0.2) is 9.97 Å². The highest BCUT2D eigenvalue weighted by Crippen LogP contribution is 2.22. The number of carbonyl (C=O) groups is 1. The zero-order valence-corrected chi connectivity index (χ0v) is 9.58. The van der Waals surface area contributed by atoms with E-state index in [0.717, 1.165) is 17.8 Å². The number of nitrogens with one attached hydrogen (secondary N) is 2. The van der Waals surface area contributed by atoms with E-state index in [1.54, 1.807) is 18.3 Å². The maximum atomic E-state index is 11.6. The molecule has 0 aliphatic carbocycles. The summed E-state index contributed by atoms with van der Waals surface area (Å²) < 4.78 is 0. The van der Waals surface area contributed by atoms with E-state index in [4.69, 9.17) is 11.6 Å². The van der Waals surface area contributed by atoms with Gasteiger partial charge in [0.15, 0.2) is 0 Å². The number of hydrogen-bond donors (Lipinski definition) is 2. The molecule has 2 aromatic rings. The van der Waals surface area contributed by atoms with Crippen LogP contribution in [0.3, 0.4) is 0 Å². The quantitative estimate of drug-likeness (QED) is 0.750. The third-order valence-electron chi connectivity index (χ3n) is 2.71. The third kappa shape index (κ3) is 1.78. The molecule has 0 saturated heterocycles. The molecular formula is C11H9ClN4O. The maximum Gasteiger partial charge on any atom is 0.253 e. The van der Waals surface area contributed by atoms with Crippen LogP contribution in [0.5, 0.6) is 0 Å². The van der Waals surface area contributed by atoms with Crippen LogP contribution in [-0.4, -0.2) is 27.4 Å². The SMILES string of the molecule is O=C1NCCc2[nH]c(-c3ccnc(Cl)n3)cc21. The standard InChI is InChI=1S/C11H9ClN4O/c12-11-14-4-2-8(16-11)9-5-6-7(15-9)1-3-13-10(6)17/h2,4-5,15H,1,3H2,(H,13,17). The van der Waals surface area contributed by atoms with Crippen LogP contribution in [0.15, 0.2) is 18.3 Å². The van der Waals surface area contributed by atoms with Crippen LogP contribution in [0.2, 0.25) is 5.28 Å². The Bertz CT molecular complexity index is 593. The summed E-state index contributed by atoms with van der Waals surface area (Å²) in [6, 6.07) is 3.55. The van der Waals surface area contributed by atoms with Gasteiger partial charge in [0, 0.05) is 24.9 Å². The number of halogens is 1. The molecule has 0 radical (unpaired) electrons. The fourth-order valence-corrected chi connectivity index (χ4v) is 2.06. The van der Waals surface area contributed by atoms with Crippen molar-refractivity contribution < 1.29 is 4.79 Å². The van der Waals surface area contributed by atoms with E-state index in [-0.39, 0.29) is 11.2 Å². The minimum Gasteiger partial charge on any atom is -0.356 e. The lowest BCUT2D eigenvalue weighted by atomic mass is 10.1. The summed E-state index contributed by atoms with van der Waals surface area (Å²) in [6.07, 6.45) is 2.39. The van der Waals surface area contributed by atoms with Crippen LogP contribution in [0, 0.1) is 0 Å². The number of aromatic amines is 1.